The number of hydrogen-bond donors (Lipinski definition) is 2. The normalized spacial score (nSPS) is 25.3. The van der Waals surface area contributed by atoms with E-state index in [1.165, 1.54) is 303 Å². The molecule has 12 rings (SSSR count). The Hall–Kier alpha value is -1.29. The zero-order chi connectivity index (χ0) is 78.8. The van der Waals surface area contributed by atoms with Gasteiger partial charge in [0.25, 0.3) is 0 Å². The molecule has 107 heavy (non-hydrogen) atoms. The van der Waals surface area contributed by atoms with Gasteiger partial charge in [0, 0.05) is 150 Å². The van der Waals surface area contributed by atoms with E-state index in [9.17, 15) is 0 Å². The van der Waals surface area contributed by atoms with Crippen LogP contribution in [0.5, 0.6) is 0 Å². The number of likely N-dealkylation sites (tertiary alicyclic amines) is 12. The molecule has 0 aliphatic carbocycles. The lowest BCUT2D eigenvalue weighted by atomic mass is 9.98. The van der Waals surface area contributed by atoms with Crippen LogP contribution < -0.4 is 11.5 Å². The monoisotopic (exact) mass is 1510 g/mol. The Morgan fingerprint density at radius 2 is 0.570 bits per heavy atom. The first kappa shape index (κ1) is 96.3. The molecule has 0 amide bonds. The van der Waals surface area contributed by atoms with Gasteiger partial charge < -0.3 is 79.2 Å². The van der Waals surface area contributed by atoms with Crippen molar-refractivity contribution in [3.63, 3.8) is 0 Å². The standard InChI is InChI=1S/C13H27N2.2C13H26N2.C12H24N2.C11H25N2.C10H22N2.C9H20N4.C9H19N/c1-12(2)14-8-6-13(7-9-14)15(3)10-4-5-11-15;2*1-12(2)14-10-6-13(7-11-14)15-8-4-3-5-9-15;1-11(2)13-9-5-12(6-10-13)14-7-3-4-8-14;1-10(2)12-8-6-11(7-9-12)13(3,4)5;1-9(2)12-7-5-10(6-8-12)11(3)4;1-7(2)13-5-3-8(4-6-13)12-9(10)11;1-8(2)10-6-4-9(3)5-7-10/h12-13H,4-11H2,1-3H3;2*12-13H,3-11H2,1-2H3;11-12H,3-10H2,1-2H3;10-11H,6-9H2,1-5H3;9-10H,5-8H2,1-4H3;7-8H,3-6H2,1-2H3,(H4,10,11,12);8-9H,4-7H2,1-3H3/q+1;;;;+1;;;. The summed E-state index contributed by atoms with van der Waals surface area (Å²) in [5, 5.41) is 0. The molecule has 0 bridgehead atoms. The third-order valence-electron chi connectivity index (χ3n) is 28.3. The Labute approximate surface area is 667 Å². The van der Waals surface area contributed by atoms with Gasteiger partial charge in [0.05, 0.1) is 59.4 Å². The predicted octanol–water partition coefficient (Wildman–Crippen LogP) is 14.0. The number of piperidine rings is 10. The van der Waals surface area contributed by atoms with E-state index in [1.807, 2.05) is 0 Å². The Bertz CT molecular complexity index is 2120. The molecule has 12 aliphatic rings. The molecule has 0 aromatic rings. The minimum atomic E-state index is 0.225. The van der Waals surface area contributed by atoms with Crippen molar-refractivity contribution in [2.24, 2.45) is 22.4 Å². The minimum Gasteiger partial charge on any atom is -0.370 e. The molecule has 0 atom stereocenters. The molecule has 632 valence electrons. The highest BCUT2D eigenvalue weighted by Crippen LogP contribution is 2.30. The summed E-state index contributed by atoms with van der Waals surface area (Å²) in [5.74, 6) is 1.19. The summed E-state index contributed by atoms with van der Waals surface area (Å²) in [6, 6.07) is 11.5. The summed E-state index contributed by atoms with van der Waals surface area (Å²) in [5.41, 5.74) is 10.7. The largest absolute Gasteiger partial charge is 0.370 e. The number of rotatable bonds is 15. The van der Waals surface area contributed by atoms with Gasteiger partial charge in [-0.1, -0.05) is 19.8 Å². The Morgan fingerprint density at radius 1 is 0.327 bits per heavy atom. The molecule has 17 nitrogen and oxygen atoms in total. The van der Waals surface area contributed by atoms with Gasteiger partial charge in [-0.25, -0.2) is 0 Å². The Kier molecular flexibility index (Phi) is 45.8. The second kappa shape index (κ2) is 50.9. The molecule has 12 saturated heterocycles. The van der Waals surface area contributed by atoms with Gasteiger partial charge in [-0.05, 0) is 351 Å². The van der Waals surface area contributed by atoms with Crippen LogP contribution in [-0.2, 0) is 0 Å². The van der Waals surface area contributed by atoms with Crippen molar-refractivity contribution < 1.29 is 8.97 Å². The van der Waals surface area contributed by atoms with Crippen LogP contribution in [0.25, 0.3) is 0 Å². The molecule has 0 spiro atoms. The van der Waals surface area contributed by atoms with Gasteiger partial charge in [-0.2, -0.15) is 0 Å². The van der Waals surface area contributed by atoms with E-state index in [-0.39, 0.29) is 5.96 Å². The molecule has 0 radical (unpaired) electrons. The summed E-state index contributed by atoms with van der Waals surface area (Å²) in [4.78, 5) is 35.4. The smallest absolute Gasteiger partial charge is 0.186 e. The van der Waals surface area contributed by atoms with E-state index in [1.54, 1.807) is 0 Å². The average molecular weight is 1510 g/mol. The van der Waals surface area contributed by atoms with Gasteiger partial charge in [0.1, 0.15) is 0 Å². The fourth-order valence-corrected chi connectivity index (χ4v) is 19.8. The molecule has 0 unspecified atom stereocenters. The maximum atomic E-state index is 5.33. The number of aliphatic imine (C=N–C) groups is 1. The lowest BCUT2D eigenvalue weighted by Crippen LogP contribution is -2.55. The molecule has 0 saturated carbocycles. The Morgan fingerprint density at radius 3 is 0.832 bits per heavy atom. The first-order valence-electron chi connectivity index (χ1n) is 46.3. The molecule has 0 aromatic carbocycles. The second-order valence-electron chi connectivity index (χ2n) is 39.5. The number of nitrogens with zero attached hydrogens (tertiary/aromatic N) is 15. The maximum Gasteiger partial charge on any atom is 0.186 e. The van der Waals surface area contributed by atoms with Crippen molar-refractivity contribution in [3.8, 4) is 0 Å². The molecular formula is C90H189N17+2. The highest BCUT2D eigenvalue weighted by atomic mass is 15.4. The van der Waals surface area contributed by atoms with Crippen molar-refractivity contribution in [2.45, 2.75) is 375 Å². The van der Waals surface area contributed by atoms with Crippen LogP contribution in [0.15, 0.2) is 4.99 Å². The van der Waals surface area contributed by atoms with Crippen LogP contribution >= 0.6 is 0 Å². The summed E-state index contributed by atoms with van der Waals surface area (Å²) >= 11 is 0. The first-order chi connectivity index (χ1) is 50.7. The molecule has 12 aliphatic heterocycles. The van der Waals surface area contributed by atoms with Crippen molar-refractivity contribution >= 4 is 5.96 Å². The highest BCUT2D eigenvalue weighted by Gasteiger charge is 2.39. The summed E-state index contributed by atoms with van der Waals surface area (Å²) in [7, 11) is 13.8. The van der Waals surface area contributed by atoms with Gasteiger partial charge in [0.2, 0.25) is 0 Å². The molecular weight excluding hydrogens is 1320 g/mol. The maximum absolute atomic E-state index is 5.33. The van der Waals surface area contributed by atoms with Gasteiger partial charge in [0.15, 0.2) is 5.96 Å². The van der Waals surface area contributed by atoms with Crippen LogP contribution in [0.3, 0.4) is 0 Å². The second-order valence-corrected chi connectivity index (χ2v) is 39.5. The van der Waals surface area contributed by atoms with Crippen LogP contribution in [-0.4, -0.2) is 364 Å². The van der Waals surface area contributed by atoms with E-state index in [0.29, 0.717) is 12.1 Å². The summed E-state index contributed by atoms with van der Waals surface area (Å²) in [6.07, 6.45) is 36.1. The lowest BCUT2D eigenvalue weighted by molar-refractivity contribution is -0.923. The zero-order valence-corrected chi connectivity index (χ0v) is 76.0. The van der Waals surface area contributed by atoms with Crippen LogP contribution in [0, 0.1) is 5.92 Å². The third-order valence-corrected chi connectivity index (χ3v) is 28.3. The van der Waals surface area contributed by atoms with E-state index in [2.05, 4.69) is 224 Å². The van der Waals surface area contributed by atoms with Crippen molar-refractivity contribution in [1.82, 2.24) is 58.8 Å². The predicted molar refractivity (Wildman–Crippen MR) is 468 cm³/mol. The average Bonchev–Trinajstić information content (AvgIpc) is 1.72. The fraction of sp³-hybridized carbons (Fsp3) is 0.989. The lowest BCUT2D eigenvalue weighted by Gasteiger charge is -2.43. The summed E-state index contributed by atoms with van der Waals surface area (Å²) in [6.45, 7) is 70.8. The van der Waals surface area contributed by atoms with Crippen LogP contribution in [0.4, 0.5) is 0 Å². The highest BCUT2D eigenvalue weighted by molar-refractivity contribution is 5.75. The number of guanidine groups is 1. The fourth-order valence-electron chi connectivity index (χ4n) is 19.8. The van der Waals surface area contributed by atoms with Gasteiger partial charge in [-0.3, -0.25) is 4.99 Å². The molecule has 12 fully saturated rings. The minimum absolute atomic E-state index is 0.225. The Balaban J connectivity index is 0.000000220. The van der Waals surface area contributed by atoms with Crippen LogP contribution in [0.1, 0.15) is 285 Å². The molecule has 17 heteroatoms. The van der Waals surface area contributed by atoms with E-state index < -0.39 is 0 Å². The van der Waals surface area contributed by atoms with Crippen molar-refractivity contribution in [3.05, 3.63) is 0 Å². The quantitative estimate of drug-likeness (QED) is 0.0924. The van der Waals surface area contributed by atoms with E-state index >= 15 is 0 Å². The van der Waals surface area contributed by atoms with Gasteiger partial charge >= 0.3 is 0 Å². The number of nitrogens with two attached hydrogens (primary N) is 2. The molecule has 4 N–H and O–H groups in total. The number of quaternary nitrogens is 2. The van der Waals surface area contributed by atoms with Gasteiger partial charge in [-0.15, -0.1) is 0 Å². The first-order valence-corrected chi connectivity index (χ1v) is 46.3. The van der Waals surface area contributed by atoms with E-state index in [4.69, 9.17) is 11.5 Å². The van der Waals surface area contributed by atoms with Crippen molar-refractivity contribution in [1.29, 1.82) is 0 Å². The SMILES string of the molecule is CC(C)N1CCC(N(C)C)CC1.CC(C)N1CCC(N2CCCC2)CC1.CC(C)N1CCC(N2CCCCC2)CC1.CC(C)N1CCC(N2CCCCC2)CC1.CC(C)N1CCC(N=C(N)N)CC1.CC(C)N1CCC([N+](C)(C)C)CC1.CC(C)N1CCC([N+]2(C)CCCC2)CC1.CC1CCN(C(C)C)CC1. The zero-order valence-electron chi connectivity index (χ0n) is 76.0. The number of hydrogen-bond acceptors (Lipinski definition) is 13. The molecule has 12 heterocycles. The van der Waals surface area contributed by atoms with Crippen molar-refractivity contribution in [2.75, 3.05) is 199 Å². The summed E-state index contributed by atoms with van der Waals surface area (Å²) < 4.78 is 2.51. The third kappa shape index (κ3) is 36.2. The molecule has 0 aromatic heterocycles. The van der Waals surface area contributed by atoms with E-state index in [0.717, 1.165) is 115 Å². The topological polar surface area (TPSA) is 103 Å². The van der Waals surface area contributed by atoms with Crippen LogP contribution in [0.2, 0.25) is 0 Å².